The van der Waals surface area contributed by atoms with Gasteiger partial charge in [0, 0.05) is 6.92 Å². The molecular weight excluding hydrogens is 318 g/mol. The van der Waals surface area contributed by atoms with Crippen molar-refractivity contribution in [2.75, 3.05) is 0 Å². The monoisotopic (exact) mass is 345 g/mol. The van der Waals surface area contributed by atoms with E-state index in [9.17, 15) is 14.4 Å². The number of nitrogens with two attached hydrogens (primary N) is 1. The van der Waals surface area contributed by atoms with Crippen molar-refractivity contribution in [1.29, 1.82) is 0 Å². The Bertz CT molecular complexity index is 612. The predicted molar refractivity (Wildman–Crippen MR) is 98.3 cm³/mol. The first-order valence-corrected chi connectivity index (χ1v) is 8.38. The van der Waals surface area contributed by atoms with Gasteiger partial charge in [0.05, 0.1) is 0 Å². The van der Waals surface area contributed by atoms with E-state index in [1.54, 1.807) is 6.08 Å². The number of nitrogens with one attached hydrogen (secondary N) is 2. The van der Waals surface area contributed by atoms with E-state index < -0.39 is 23.9 Å². The SMILES string of the molecule is CC(=O)N[C@@H](CC(C)C)C(=O)N[C@H](C/C=C/c1ccccc1)C(N)=O. The summed E-state index contributed by atoms with van der Waals surface area (Å²) in [5.41, 5.74) is 6.39. The fourth-order valence-electron chi connectivity index (χ4n) is 2.37. The number of rotatable bonds is 9. The predicted octanol–water partition coefficient (Wildman–Crippen LogP) is 1.61. The highest BCUT2D eigenvalue weighted by molar-refractivity contribution is 5.91. The second-order valence-electron chi connectivity index (χ2n) is 6.39. The molecule has 0 radical (unpaired) electrons. The molecule has 0 aliphatic rings. The quantitative estimate of drug-likeness (QED) is 0.634. The number of hydrogen-bond acceptors (Lipinski definition) is 3. The Kier molecular flexibility index (Phi) is 8.39. The summed E-state index contributed by atoms with van der Waals surface area (Å²) < 4.78 is 0. The Balaban J connectivity index is 2.71. The van der Waals surface area contributed by atoms with E-state index in [1.165, 1.54) is 6.92 Å². The number of amides is 3. The molecule has 0 spiro atoms. The maximum absolute atomic E-state index is 12.4. The number of carbonyl (C=O) groups excluding carboxylic acids is 3. The molecule has 0 aliphatic heterocycles. The van der Waals surface area contributed by atoms with Gasteiger partial charge < -0.3 is 16.4 Å². The molecule has 0 aliphatic carbocycles. The third-order valence-electron chi connectivity index (χ3n) is 3.54. The van der Waals surface area contributed by atoms with Crippen molar-refractivity contribution < 1.29 is 14.4 Å². The second kappa shape index (κ2) is 10.3. The van der Waals surface area contributed by atoms with Crippen LogP contribution in [0.3, 0.4) is 0 Å². The van der Waals surface area contributed by atoms with Crippen molar-refractivity contribution in [3.63, 3.8) is 0 Å². The molecule has 2 atom stereocenters. The standard InChI is InChI=1S/C19H27N3O3/c1-13(2)12-17(21-14(3)23)19(25)22-16(18(20)24)11-7-10-15-8-5-4-6-9-15/h4-10,13,16-17H,11-12H2,1-3H3,(H2,20,24)(H,21,23)(H,22,25)/b10-7+/t16-,17+/m1/s1. The molecule has 0 saturated heterocycles. The molecule has 1 rings (SSSR count). The molecule has 0 heterocycles. The summed E-state index contributed by atoms with van der Waals surface area (Å²) in [7, 11) is 0. The van der Waals surface area contributed by atoms with Crippen LogP contribution in [0.25, 0.3) is 6.08 Å². The van der Waals surface area contributed by atoms with Gasteiger partial charge in [-0.3, -0.25) is 14.4 Å². The topological polar surface area (TPSA) is 101 Å². The lowest BCUT2D eigenvalue weighted by molar-refractivity contribution is -0.131. The molecule has 4 N–H and O–H groups in total. The molecule has 0 bridgehead atoms. The summed E-state index contributed by atoms with van der Waals surface area (Å²) in [5.74, 6) is -1.09. The Morgan fingerprint density at radius 1 is 1.08 bits per heavy atom. The smallest absolute Gasteiger partial charge is 0.243 e. The number of carbonyl (C=O) groups is 3. The zero-order valence-electron chi connectivity index (χ0n) is 15.0. The maximum atomic E-state index is 12.4. The largest absolute Gasteiger partial charge is 0.368 e. The molecule has 6 nitrogen and oxygen atoms in total. The van der Waals surface area contributed by atoms with Crippen LogP contribution in [0, 0.1) is 5.92 Å². The Labute approximate surface area is 148 Å². The summed E-state index contributed by atoms with van der Waals surface area (Å²) in [5, 5.41) is 5.25. The number of hydrogen-bond donors (Lipinski definition) is 3. The van der Waals surface area contributed by atoms with Crippen molar-refractivity contribution in [2.45, 2.75) is 45.7 Å². The van der Waals surface area contributed by atoms with Crippen molar-refractivity contribution >= 4 is 23.8 Å². The first-order chi connectivity index (χ1) is 11.8. The van der Waals surface area contributed by atoms with Gasteiger partial charge in [0.25, 0.3) is 0 Å². The molecular formula is C19H27N3O3. The van der Waals surface area contributed by atoms with Crippen LogP contribution in [0.1, 0.15) is 39.2 Å². The van der Waals surface area contributed by atoms with E-state index in [4.69, 9.17) is 5.73 Å². The van der Waals surface area contributed by atoms with E-state index in [0.717, 1.165) is 5.56 Å². The van der Waals surface area contributed by atoms with Gasteiger partial charge in [-0.15, -0.1) is 0 Å². The van der Waals surface area contributed by atoms with Gasteiger partial charge in [-0.05, 0) is 24.3 Å². The first-order valence-electron chi connectivity index (χ1n) is 8.38. The van der Waals surface area contributed by atoms with Gasteiger partial charge in [0.1, 0.15) is 12.1 Å². The highest BCUT2D eigenvalue weighted by atomic mass is 16.2. The van der Waals surface area contributed by atoms with Crippen LogP contribution in [0.5, 0.6) is 0 Å². The normalized spacial score (nSPS) is 13.4. The zero-order chi connectivity index (χ0) is 18.8. The van der Waals surface area contributed by atoms with Crippen LogP contribution in [0.2, 0.25) is 0 Å². The molecule has 0 saturated carbocycles. The summed E-state index contributed by atoms with van der Waals surface area (Å²) in [6.45, 7) is 5.27. The molecule has 0 fully saturated rings. The molecule has 136 valence electrons. The van der Waals surface area contributed by atoms with Crippen molar-refractivity contribution in [3.8, 4) is 0 Å². The third-order valence-corrected chi connectivity index (χ3v) is 3.54. The van der Waals surface area contributed by atoms with E-state index in [1.807, 2.05) is 50.3 Å². The summed E-state index contributed by atoms with van der Waals surface area (Å²) in [4.78, 5) is 35.3. The van der Waals surface area contributed by atoms with Gasteiger partial charge in [0.2, 0.25) is 17.7 Å². The molecule has 3 amide bonds. The highest BCUT2D eigenvalue weighted by Crippen LogP contribution is 2.07. The fraction of sp³-hybridized carbons (Fsp3) is 0.421. The van der Waals surface area contributed by atoms with Crippen molar-refractivity contribution in [3.05, 3.63) is 42.0 Å². The Morgan fingerprint density at radius 3 is 2.24 bits per heavy atom. The summed E-state index contributed by atoms with van der Waals surface area (Å²) >= 11 is 0. The van der Waals surface area contributed by atoms with Crippen molar-refractivity contribution in [1.82, 2.24) is 10.6 Å². The lowest BCUT2D eigenvalue weighted by Gasteiger charge is -2.22. The summed E-state index contributed by atoms with van der Waals surface area (Å²) in [6.07, 6.45) is 4.42. The van der Waals surface area contributed by atoms with Gasteiger partial charge >= 0.3 is 0 Å². The van der Waals surface area contributed by atoms with E-state index in [0.29, 0.717) is 6.42 Å². The van der Waals surface area contributed by atoms with E-state index >= 15 is 0 Å². The van der Waals surface area contributed by atoms with Gasteiger partial charge in [-0.1, -0.05) is 56.3 Å². The van der Waals surface area contributed by atoms with E-state index in [2.05, 4.69) is 10.6 Å². The van der Waals surface area contributed by atoms with Crippen LogP contribution >= 0.6 is 0 Å². The zero-order valence-corrected chi connectivity index (χ0v) is 15.0. The Hall–Kier alpha value is -2.63. The second-order valence-corrected chi connectivity index (χ2v) is 6.39. The first kappa shape index (κ1) is 20.4. The molecule has 25 heavy (non-hydrogen) atoms. The molecule has 6 heteroatoms. The number of primary amides is 1. The van der Waals surface area contributed by atoms with Crippen molar-refractivity contribution in [2.24, 2.45) is 11.7 Å². The Morgan fingerprint density at radius 2 is 1.72 bits per heavy atom. The minimum Gasteiger partial charge on any atom is -0.368 e. The summed E-state index contributed by atoms with van der Waals surface area (Å²) in [6, 6.07) is 8.11. The molecule has 1 aromatic carbocycles. The van der Waals surface area contributed by atoms with Gasteiger partial charge in [0.15, 0.2) is 0 Å². The average molecular weight is 345 g/mol. The van der Waals surface area contributed by atoms with Crippen LogP contribution < -0.4 is 16.4 Å². The minimum absolute atomic E-state index is 0.215. The number of benzene rings is 1. The highest BCUT2D eigenvalue weighted by Gasteiger charge is 2.24. The maximum Gasteiger partial charge on any atom is 0.243 e. The minimum atomic E-state index is -0.823. The fourth-order valence-corrected chi connectivity index (χ4v) is 2.37. The lowest BCUT2D eigenvalue weighted by atomic mass is 10.0. The van der Waals surface area contributed by atoms with Crippen LogP contribution in [-0.2, 0) is 14.4 Å². The molecule has 0 unspecified atom stereocenters. The van der Waals surface area contributed by atoms with Crippen LogP contribution in [0.4, 0.5) is 0 Å². The average Bonchev–Trinajstić information content (AvgIpc) is 2.53. The van der Waals surface area contributed by atoms with Crippen LogP contribution in [0.15, 0.2) is 36.4 Å². The third kappa shape index (κ3) is 8.15. The van der Waals surface area contributed by atoms with E-state index in [-0.39, 0.29) is 18.2 Å². The molecule has 0 aromatic heterocycles. The van der Waals surface area contributed by atoms with Crippen LogP contribution in [-0.4, -0.2) is 29.8 Å². The van der Waals surface area contributed by atoms with Gasteiger partial charge in [-0.25, -0.2) is 0 Å². The molecule has 1 aromatic rings. The lowest BCUT2D eigenvalue weighted by Crippen LogP contribution is -2.52. The van der Waals surface area contributed by atoms with Gasteiger partial charge in [-0.2, -0.15) is 0 Å².